The van der Waals surface area contributed by atoms with Crippen LogP contribution >= 0.6 is 8.00 Å². The fourth-order valence-corrected chi connectivity index (χ4v) is 0.628. The first-order valence-electron chi connectivity index (χ1n) is 2.85. The van der Waals surface area contributed by atoms with Crippen LogP contribution in [0, 0.1) is 5.92 Å². The molecule has 4 heteroatoms. The number of nitrogens with one attached hydrogen (secondary N) is 1. The molecule has 0 radical (unpaired) electrons. The van der Waals surface area contributed by atoms with E-state index in [1.165, 1.54) is 5.92 Å². The van der Waals surface area contributed by atoms with Gasteiger partial charge in [-0.2, -0.15) is 4.89 Å². The Kier molecular flexibility index (Phi) is 4.91. The minimum Gasteiger partial charge on any atom is -0.602 e. The molecule has 0 aromatic heterocycles. The van der Waals surface area contributed by atoms with E-state index in [0.717, 1.165) is 6.54 Å². The van der Waals surface area contributed by atoms with E-state index < -0.39 is 8.00 Å². The van der Waals surface area contributed by atoms with Crippen LogP contribution in [0.2, 0.25) is 0 Å². The average Bonchev–Trinajstić information content (AvgIpc) is 1.63. The fourth-order valence-electron chi connectivity index (χ4n) is 0.366. The molecular weight excluding hydrogens is 137 g/mol. The van der Waals surface area contributed by atoms with Gasteiger partial charge >= 0.3 is 0 Å². The summed E-state index contributed by atoms with van der Waals surface area (Å²) in [6, 6.07) is 0. The van der Waals surface area contributed by atoms with Crippen molar-refractivity contribution in [2.45, 2.75) is 13.8 Å². The molecule has 0 aromatic rings. The zero-order valence-electron chi connectivity index (χ0n) is 5.66. The summed E-state index contributed by atoms with van der Waals surface area (Å²) >= 11 is 0. The van der Waals surface area contributed by atoms with Crippen LogP contribution in [-0.4, -0.2) is 17.4 Å². The lowest BCUT2D eigenvalue weighted by molar-refractivity contribution is -0.167. The summed E-state index contributed by atoms with van der Waals surface area (Å²) in [5.41, 5.74) is 0. The molecule has 0 amide bonds. The molecular formula is C5H12NO2P. The average molecular weight is 149 g/mol. The van der Waals surface area contributed by atoms with Crippen LogP contribution in [0.5, 0.6) is 0 Å². The Morgan fingerprint density at radius 3 is 2.67 bits per heavy atom. The predicted molar refractivity (Wildman–Crippen MR) is 38.0 cm³/mol. The van der Waals surface area contributed by atoms with Crippen LogP contribution in [-0.2, 0) is 0 Å². The number of hydrogen-bond donors (Lipinski definition) is 2. The van der Waals surface area contributed by atoms with Gasteiger partial charge in [-0.05, 0) is 5.92 Å². The van der Waals surface area contributed by atoms with E-state index in [0.29, 0.717) is 5.92 Å². The second-order valence-electron chi connectivity index (χ2n) is 2.23. The van der Waals surface area contributed by atoms with E-state index in [1.54, 1.807) is 0 Å². The van der Waals surface area contributed by atoms with Crippen molar-refractivity contribution in [2.24, 2.45) is 5.92 Å². The van der Waals surface area contributed by atoms with Gasteiger partial charge in [-0.25, -0.2) is 0 Å². The smallest absolute Gasteiger partial charge is 0.229 e. The highest BCUT2D eigenvalue weighted by atomic mass is 31.1. The lowest BCUT2D eigenvalue weighted by Gasteiger charge is -1.98. The Hall–Kier alpha value is 0.0500. The molecule has 0 heterocycles. The zero-order chi connectivity index (χ0) is 7.28. The van der Waals surface area contributed by atoms with Crippen LogP contribution < -0.4 is 10.2 Å². The Morgan fingerprint density at radius 2 is 2.33 bits per heavy atom. The van der Waals surface area contributed by atoms with Gasteiger partial charge in [0, 0.05) is 6.54 Å². The molecule has 0 spiro atoms. The topological polar surface area (TPSA) is 55.3 Å². The third-order valence-corrected chi connectivity index (χ3v) is 1.13. The monoisotopic (exact) mass is 149 g/mol. The van der Waals surface area contributed by atoms with Gasteiger partial charge in [0.25, 0.3) is 0 Å². The molecule has 0 rings (SSSR count). The van der Waals surface area contributed by atoms with Crippen LogP contribution in [0.25, 0.3) is 0 Å². The van der Waals surface area contributed by atoms with E-state index in [9.17, 15) is 4.89 Å². The van der Waals surface area contributed by atoms with Gasteiger partial charge in [0.15, 0.2) is 5.92 Å². The third kappa shape index (κ3) is 8.05. The summed E-state index contributed by atoms with van der Waals surface area (Å²) in [5, 5.41) is 2.73. The second kappa shape index (κ2) is 4.89. The molecule has 0 aromatic carbocycles. The summed E-state index contributed by atoms with van der Waals surface area (Å²) in [6.45, 7) is 4.82. The SMILES string of the molecule is CC(C)CN/C=[P+](\[O-])O. The van der Waals surface area contributed by atoms with Crippen LogP contribution in [0.1, 0.15) is 13.8 Å². The molecule has 54 valence electrons. The largest absolute Gasteiger partial charge is 0.602 e. The lowest BCUT2D eigenvalue weighted by atomic mass is 10.2. The Morgan fingerprint density at radius 1 is 1.78 bits per heavy atom. The van der Waals surface area contributed by atoms with Gasteiger partial charge in [-0.15, -0.1) is 0 Å². The molecule has 2 N–H and O–H groups in total. The van der Waals surface area contributed by atoms with E-state index in [4.69, 9.17) is 4.89 Å². The van der Waals surface area contributed by atoms with Crippen molar-refractivity contribution in [2.75, 3.05) is 6.54 Å². The summed E-state index contributed by atoms with van der Waals surface area (Å²) < 4.78 is 0. The molecule has 0 fully saturated rings. The zero-order valence-corrected chi connectivity index (χ0v) is 6.56. The predicted octanol–water partition coefficient (Wildman–Crippen LogP) is -0.344. The van der Waals surface area contributed by atoms with Crippen LogP contribution in [0.15, 0.2) is 0 Å². The molecule has 0 aliphatic rings. The van der Waals surface area contributed by atoms with Crippen molar-refractivity contribution in [3.8, 4) is 0 Å². The quantitative estimate of drug-likeness (QED) is 0.539. The molecule has 9 heavy (non-hydrogen) atoms. The van der Waals surface area contributed by atoms with Crippen LogP contribution in [0.4, 0.5) is 0 Å². The van der Waals surface area contributed by atoms with E-state index >= 15 is 0 Å². The molecule has 0 aliphatic carbocycles. The normalized spacial score (nSPS) is 12.8. The Labute approximate surface area is 56.3 Å². The highest BCUT2D eigenvalue weighted by molar-refractivity contribution is 7.43. The first-order chi connectivity index (χ1) is 4.13. The van der Waals surface area contributed by atoms with Gasteiger partial charge in [0.05, 0.1) is 0 Å². The van der Waals surface area contributed by atoms with E-state index in [2.05, 4.69) is 5.32 Å². The number of hydrogen-bond acceptors (Lipinski definition) is 2. The minimum absolute atomic E-state index is 0.510. The molecule has 0 bridgehead atoms. The molecule has 3 nitrogen and oxygen atoms in total. The molecule has 1 unspecified atom stereocenters. The Bertz CT molecular complexity index is 99.1. The molecule has 0 saturated carbocycles. The third-order valence-electron chi connectivity index (χ3n) is 0.728. The second-order valence-corrected chi connectivity index (χ2v) is 3.10. The van der Waals surface area contributed by atoms with Gasteiger partial charge < -0.3 is 4.89 Å². The van der Waals surface area contributed by atoms with Gasteiger partial charge in [-0.1, -0.05) is 13.8 Å². The Balaban J connectivity index is 3.20. The van der Waals surface area contributed by atoms with E-state index in [-0.39, 0.29) is 0 Å². The van der Waals surface area contributed by atoms with Crippen molar-refractivity contribution >= 4 is 13.9 Å². The molecule has 1 atom stereocenters. The van der Waals surface area contributed by atoms with Crippen LogP contribution in [0.3, 0.4) is 0 Å². The first kappa shape index (κ1) is 9.05. The maximum Gasteiger partial charge on any atom is 0.229 e. The summed E-state index contributed by atoms with van der Waals surface area (Å²) in [4.78, 5) is 18.3. The van der Waals surface area contributed by atoms with Crippen molar-refractivity contribution in [3.05, 3.63) is 0 Å². The highest BCUT2D eigenvalue weighted by Gasteiger charge is 1.91. The van der Waals surface area contributed by atoms with Crippen molar-refractivity contribution in [3.63, 3.8) is 0 Å². The first-order valence-corrected chi connectivity index (χ1v) is 4.13. The highest BCUT2D eigenvalue weighted by Crippen LogP contribution is 1.95. The summed E-state index contributed by atoms with van der Waals surface area (Å²) in [7, 11) is -2.12. The molecule has 0 aliphatic heterocycles. The summed E-state index contributed by atoms with van der Waals surface area (Å²) in [5.74, 6) is 1.71. The maximum absolute atomic E-state index is 10.0. The summed E-state index contributed by atoms with van der Waals surface area (Å²) in [6.07, 6.45) is 0. The van der Waals surface area contributed by atoms with Gasteiger partial charge in [0.1, 0.15) is 0 Å². The fraction of sp³-hybridized carbons (Fsp3) is 0.800. The van der Waals surface area contributed by atoms with Crippen molar-refractivity contribution in [1.29, 1.82) is 0 Å². The van der Waals surface area contributed by atoms with Gasteiger partial charge in [-0.3, -0.25) is 5.32 Å². The molecule has 0 saturated heterocycles. The minimum atomic E-state index is -2.12. The lowest BCUT2D eigenvalue weighted by Crippen LogP contribution is -2.17. The van der Waals surface area contributed by atoms with Crippen molar-refractivity contribution in [1.82, 2.24) is 5.32 Å². The number of rotatable bonds is 3. The maximum atomic E-state index is 10.0. The standard InChI is InChI=1S/C5H12NO2P/c1-5(2)3-6-4-9(7)8/h4-6H,3H2,1-2H3,(H,7,8). The van der Waals surface area contributed by atoms with E-state index in [1.807, 2.05) is 13.8 Å². The van der Waals surface area contributed by atoms with Gasteiger partial charge in [0.2, 0.25) is 8.00 Å². The van der Waals surface area contributed by atoms with Crippen molar-refractivity contribution < 1.29 is 9.79 Å².